The Labute approximate surface area is 72.1 Å². The van der Waals surface area contributed by atoms with E-state index < -0.39 is 6.30 Å². The van der Waals surface area contributed by atoms with Gasteiger partial charge in [0.25, 0.3) is 0 Å². The number of rotatable bonds is 1. The third kappa shape index (κ3) is 2.17. The standard InChI is InChI=1S/C8H15FN2O/c1-7(9)11-4-3-8(12)10(2)5-6-11/h7H,3-6H2,1-2H3/t7-/m1/s1. The van der Waals surface area contributed by atoms with Crippen LogP contribution in [0.3, 0.4) is 0 Å². The normalized spacial score (nSPS) is 23.9. The summed E-state index contributed by atoms with van der Waals surface area (Å²) in [6.45, 7) is 3.32. The molecule has 0 bridgehead atoms. The van der Waals surface area contributed by atoms with Gasteiger partial charge in [-0.2, -0.15) is 0 Å². The van der Waals surface area contributed by atoms with E-state index in [0.717, 1.165) is 0 Å². The number of nitrogens with zero attached hydrogens (tertiary/aromatic N) is 2. The lowest BCUT2D eigenvalue weighted by molar-refractivity contribution is -0.129. The third-order valence-corrected chi connectivity index (χ3v) is 2.26. The molecule has 0 spiro atoms. The van der Waals surface area contributed by atoms with Crippen LogP contribution in [0.15, 0.2) is 0 Å². The molecule has 0 radical (unpaired) electrons. The summed E-state index contributed by atoms with van der Waals surface area (Å²) in [5.41, 5.74) is 0. The van der Waals surface area contributed by atoms with Gasteiger partial charge in [0.2, 0.25) is 5.91 Å². The summed E-state index contributed by atoms with van der Waals surface area (Å²) < 4.78 is 12.8. The molecule has 1 aliphatic rings. The SMILES string of the molecule is C[C@H](F)N1CCC(=O)N(C)CC1. The summed E-state index contributed by atoms with van der Waals surface area (Å²) in [6.07, 6.45) is -0.505. The monoisotopic (exact) mass is 174 g/mol. The summed E-state index contributed by atoms with van der Waals surface area (Å²) in [5, 5.41) is 0. The van der Waals surface area contributed by atoms with Crippen LogP contribution in [0.1, 0.15) is 13.3 Å². The van der Waals surface area contributed by atoms with Crippen molar-refractivity contribution in [2.45, 2.75) is 19.6 Å². The highest BCUT2D eigenvalue weighted by atomic mass is 19.1. The molecule has 4 heteroatoms. The number of hydrogen-bond acceptors (Lipinski definition) is 2. The number of hydrogen-bond donors (Lipinski definition) is 0. The minimum Gasteiger partial charge on any atom is -0.344 e. The Hall–Kier alpha value is -0.640. The first kappa shape index (κ1) is 9.45. The van der Waals surface area contributed by atoms with Crippen LogP contribution in [0.4, 0.5) is 4.39 Å². The molecule has 0 aromatic carbocycles. The molecule has 12 heavy (non-hydrogen) atoms. The number of halogens is 1. The van der Waals surface area contributed by atoms with Gasteiger partial charge in [-0.05, 0) is 6.92 Å². The Morgan fingerprint density at radius 1 is 1.42 bits per heavy atom. The number of alkyl halides is 1. The molecule has 0 aromatic heterocycles. The van der Waals surface area contributed by atoms with Crippen LogP contribution < -0.4 is 0 Å². The zero-order valence-electron chi connectivity index (χ0n) is 7.59. The molecule has 3 nitrogen and oxygen atoms in total. The number of likely N-dealkylation sites (N-methyl/N-ethyl adjacent to an activating group) is 1. The van der Waals surface area contributed by atoms with E-state index in [9.17, 15) is 9.18 Å². The Balaban J connectivity index is 2.49. The van der Waals surface area contributed by atoms with Crippen molar-refractivity contribution in [1.82, 2.24) is 9.80 Å². The Kier molecular flexibility index (Phi) is 3.03. The molecule has 0 saturated carbocycles. The first-order valence-electron chi connectivity index (χ1n) is 4.23. The Morgan fingerprint density at radius 3 is 2.67 bits per heavy atom. The molecular weight excluding hydrogens is 159 g/mol. The van der Waals surface area contributed by atoms with Gasteiger partial charge in [-0.1, -0.05) is 0 Å². The molecule has 0 unspecified atom stereocenters. The van der Waals surface area contributed by atoms with E-state index in [1.807, 2.05) is 0 Å². The van der Waals surface area contributed by atoms with Crippen LogP contribution >= 0.6 is 0 Å². The largest absolute Gasteiger partial charge is 0.344 e. The molecule has 1 fully saturated rings. The van der Waals surface area contributed by atoms with E-state index >= 15 is 0 Å². The topological polar surface area (TPSA) is 23.6 Å². The van der Waals surface area contributed by atoms with Crippen LogP contribution in [0.2, 0.25) is 0 Å². The second-order valence-electron chi connectivity index (χ2n) is 3.18. The van der Waals surface area contributed by atoms with Crippen molar-refractivity contribution in [3.63, 3.8) is 0 Å². The first-order chi connectivity index (χ1) is 5.61. The molecule has 1 atom stereocenters. The van der Waals surface area contributed by atoms with E-state index in [4.69, 9.17) is 0 Å². The lowest BCUT2D eigenvalue weighted by atomic mass is 10.3. The lowest BCUT2D eigenvalue weighted by Gasteiger charge is -2.20. The molecule has 0 aromatic rings. The molecule has 0 N–H and O–H groups in total. The molecule has 1 aliphatic heterocycles. The van der Waals surface area contributed by atoms with Crippen molar-refractivity contribution in [3.8, 4) is 0 Å². The van der Waals surface area contributed by atoms with Gasteiger partial charge in [-0.3, -0.25) is 9.69 Å². The van der Waals surface area contributed by atoms with Crippen LogP contribution in [-0.2, 0) is 4.79 Å². The van der Waals surface area contributed by atoms with E-state index in [1.54, 1.807) is 16.8 Å². The molecule has 70 valence electrons. The fourth-order valence-corrected chi connectivity index (χ4v) is 1.30. The van der Waals surface area contributed by atoms with E-state index in [0.29, 0.717) is 26.1 Å². The average molecular weight is 174 g/mol. The minimum atomic E-state index is -0.940. The summed E-state index contributed by atoms with van der Waals surface area (Å²) in [5.74, 6) is 0.109. The molecule has 1 rings (SSSR count). The predicted octanol–water partition coefficient (Wildman–Crippen LogP) is 0.466. The molecule has 1 amide bonds. The summed E-state index contributed by atoms with van der Waals surface area (Å²) in [4.78, 5) is 14.5. The lowest BCUT2D eigenvalue weighted by Crippen LogP contribution is -2.33. The van der Waals surface area contributed by atoms with Gasteiger partial charge in [-0.15, -0.1) is 0 Å². The fraction of sp³-hybridized carbons (Fsp3) is 0.875. The highest BCUT2D eigenvalue weighted by Crippen LogP contribution is 2.06. The molecule has 0 aliphatic carbocycles. The maximum absolute atomic E-state index is 12.8. The van der Waals surface area contributed by atoms with Gasteiger partial charge in [0, 0.05) is 33.1 Å². The van der Waals surface area contributed by atoms with Crippen molar-refractivity contribution >= 4 is 5.91 Å². The fourth-order valence-electron chi connectivity index (χ4n) is 1.30. The van der Waals surface area contributed by atoms with E-state index in [1.165, 1.54) is 6.92 Å². The van der Waals surface area contributed by atoms with Gasteiger partial charge < -0.3 is 4.90 Å². The second-order valence-corrected chi connectivity index (χ2v) is 3.18. The van der Waals surface area contributed by atoms with Gasteiger partial charge in [0.15, 0.2) is 6.30 Å². The van der Waals surface area contributed by atoms with Crippen LogP contribution in [-0.4, -0.2) is 48.7 Å². The van der Waals surface area contributed by atoms with Crippen LogP contribution in [0.25, 0.3) is 0 Å². The molecule has 1 saturated heterocycles. The number of amides is 1. The highest BCUT2D eigenvalue weighted by Gasteiger charge is 2.20. The van der Waals surface area contributed by atoms with Gasteiger partial charge in [0.1, 0.15) is 0 Å². The predicted molar refractivity (Wildman–Crippen MR) is 44.4 cm³/mol. The summed E-state index contributed by atoms with van der Waals surface area (Å²) in [6, 6.07) is 0. The van der Waals surface area contributed by atoms with Gasteiger partial charge in [0.05, 0.1) is 0 Å². The van der Waals surface area contributed by atoms with Crippen molar-refractivity contribution in [1.29, 1.82) is 0 Å². The minimum absolute atomic E-state index is 0.109. The van der Waals surface area contributed by atoms with Gasteiger partial charge in [-0.25, -0.2) is 4.39 Å². The van der Waals surface area contributed by atoms with Crippen LogP contribution in [0.5, 0.6) is 0 Å². The van der Waals surface area contributed by atoms with Gasteiger partial charge >= 0.3 is 0 Å². The van der Waals surface area contributed by atoms with Crippen molar-refractivity contribution in [2.24, 2.45) is 0 Å². The Bertz CT molecular complexity index is 172. The van der Waals surface area contributed by atoms with Crippen LogP contribution in [0, 0.1) is 0 Å². The molecule has 1 heterocycles. The quantitative estimate of drug-likeness (QED) is 0.539. The maximum atomic E-state index is 12.8. The third-order valence-electron chi connectivity index (χ3n) is 2.26. The van der Waals surface area contributed by atoms with E-state index in [2.05, 4.69) is 0 Å². The van der Waals surface area contributed by atoms with E-state index in [-0.39, 0.29) is 5.91 Å². The smallest absolute Gasteiger partial charge is 0.223 e. The Morgan fingerprint density at radius 2 is 2.08 bits per heavy atom. The van der Waals surface area contributed by atoms with Crippen molar-refractivity contribution in [3.05, 3.63) is 0 Å². The highest BCUT2D eigenvalue weighted by molar-refractivity contribution is 5.76. The summed E-state index contributed by atoms with van der Waals surface area (Å²) in [7, 11) is 1.76. The average Bonchev–Trinajstić information content (AvgIpc) is 2.16. The second kappa shape index (κ2) is 3.85. The maximum Gasteiger partial charge on any atom is 0.223 e. The zero-order chi connectivity index (χ0) is 9.14. The molecular formula is C8H15FN2O. The summed E-state index contributed by atoms with van der Waals surface area (Å²) >= 11 is 0. The van der Waals surface area contributed by atoms with Crippen molar-refractivity contribution < 1.29 is 9.18 Å². The van der Waals surface area contributed by atoms with Crippen molar-refractivity contribution in [2.75, 3.05) is 26.7 Å². The number of carbonyl (C=O) groups is 1. The first-order valence-corrected chi connectivity index (χ1v) is 4.23. The number of carbonyl (C=O) groups excluding carboxylic acids is 1. The zero-order valence-corrected chi connectivity index (χ0v) is 7.59.